The molecule has 0 aliphatic rings. The first kappa shape index (κ1) is 20.7. The van der Waals surface area contributed by atoms with Crippen LogP contribution in [-0.2, 0) is 4.79 Å². The Bertz CT molecular complexity index is 597. The van der Waals surface area contributed by atoms with Gasteiger partial charge in [-0.25, -0.2) is 0 Å². The van der Waals surface area contributed by atoms with Gasteiger partial charge in [0.05, 0.1) is 10.6 Å². The maximum absolute atomic E-state index is 12.0. The van der Waals surface area contributed by atoms with Crippen molar-refractivity contribution in [3.05, 3.63) is 33.8 Å². The summed E-state index contributed by atoms with van der Waals surface area (Å²) in [6.07, 6.45) is 5.72. The summed E-state index contributed by atoms with van der Waals surface area (Å²) in [4.78, 5) is 23.7. The third-order valence-electron chi connectivity index (χ3n) is 3.23. The second-order valence-electron chi connectivity index (χ2n) is 5.24. The fourth-order valence-electron chi connectivity index (χ4n) is 1.96. The number of nitrogens with one attached hydrogen (secondary N) is 3. The van der Waals surface area contributed by atoms with E-state index in [1.54, 1.807) is 6.07 Å². The normalized spacial score (nSPS) is 10.1. The van der Waals surface area contributed by atoms with Crippen molar-refractivity contribution in [3.63, 3.8) is 0 Å². The van der Waals surface area contributed by atoms with E-state index in [1.165, 1.54) is 18.6 Å². The lowest BCUT2D eigenvalue weighted by atomic mass is 10.1. The molecule has 0 aliphatic carbocycles. The molecule has 0 spiro atoms. The Balaban J connectivity index is 2.30. The Morgan fingerprint density at radius 2 is 1.79 bits per heavy atom. The van der Waals surface area contributed by atoms with E-state index < -0.39 is 5.91 Å². The minimum atomic E-state index is -0.479. The number of hydrogen-bond acceptors (Lipinski definition) is 3. The summed E-state index contributed by atoms with van der Waals surface area (Å²) in [7, 11) is 0. The number of carbonyl (C=O) groups is 2. The number of benzene rings is 1. The lowest BCUT2D eigenvalue weighted by molar-refractivity contribution is -0.119. The van der Waals surface area contributed by atoms with Gasteiger partial charge in [-0.3, -0.25) is 20.4 Å². The van der Waals surface area contributed by atoms with Crippen LogP contribution in [0.4, 0.5) is 0 Å². The van der Waals surface area contributed by atoms with Crippen LogP contribution in [0, 0.1) is 0 Å². The highest BCUT2D eigenvalue weighted by atomic mass is 35.5. The van der Waals surface area contributed by atoms with E-state index in [0.717, 1.165) is 25.7 Å². The number of rotatable bonds is 7. The second kappa shape index (κ2) is 11.2. The maximum atomic E-state index is 12.0. The molecule has 0 fully saturated rings. The van der Waals surface area contributed by atoms with Gasteiger partial charge in [0.2, 0.25) is 5.91 Å². The van der Waals surface area contributed by atoms with Crippen LogP contribution in [0.1, 0.15) is 55.8 Å². The first-order valence-corrected chi connectivity index (χ1v) is 8.95. The predicted molar refractivity (Wildman–Crippen MR) is 101 cm³/mol. The van der Waals surface area contributed by atoms with Crippen LogP contribution in [-0.4, -0.2) is 16.9 Å². The molecule has 0 unspecified atom stereocenters. The van der Waals surface area contributed by atoms with E-state index in [-0.39, 0.29) is 21.6 Å². The number of hydrogen-bond donors (Lipinski definition) is 3. The van der Waals surface area contributed by atoms with E-state index in [9.17, 15) is 9.59 Å². The summed E-state index contributed by atoms with van der Waals surface area (Å²) in [5.41, 5.74) is 5.10. The number of carbonyl (C=O) groups excluding carboxylic acids is 2. The second-order valence-corrected chi connectivity index (χ2v) is 6.50. The zero-order valence-electron chi connectivity index (χ0n) is 13.5. The van der Waals surface area contributed by atoms with Crippen LogP contribution >= 0.6 is 35.4 Å². The molecular weight excluding hydrogens is 369 g/mol. The van der Waals surface area contributed by atoms with Crippen LogP contribution in [0.2, 0.25) is 10.0 Å². The molecule has 0 heterocycles. The van der Waals surface area contributed by atoms with Gasteiger partial charge in [0, 0.05) is 11.4 Å². The molecule has 0 bridgehead atoms. The minimum absolute atomic E-state index is 0.0343. The van der Waals surface area contributed by atoms with E-state index in [0.29, 0.717) is 11.4 Å². The molecule has 24 heavy (non-hydrogen) atoms. The summed E-state index contributed by atoms with van der Waals surface area (Å²) in [5.74, 6) is -0.657. The van der Waals surface area contributed by atoms with Crippen LogP contribution in [0.15, 0.2) is 18.2 Å². The van der Waals surface area contributed by atoms with Crippen LogP contribution in [0.25, 0.3) is 0 Å². The average Bonchev–Trinajstić information content (AvgIpc) is 2.52. The summed E-state index contributed by atoms with van der Waals surface area (Å²) < 4.78 is 0. The number of amides is 2. The van der Waals surface area contributed by atoms with Gasteiger partial charge in [-0.15, -0.1) is 0 Å². The molecule has 3 N–H and O–H groups in total. The van der Waals surface area contributed by atoms with Crippen molar-refractivity contribution in [2.45, 2.75) is 45.4 Å². The molecule has 5 nitrogen and oxygen atoms in total. The van der Waals surface area contributed by atoms with Gasteiger partial charge in [0.25, 0.3) is 5.91 Å². The smallest absolute Gasteiger partial charge is 0.271 e. The highest BCUT2D eigenvalue weighted by molar-refractivity contribution is 7.80. The third kappa shape index (κ3) is 7.95. The number of unbranched alkanes of at least 4 members (excludes halogenated alkanes) is 4. The van der Waals surface area contributed by atoms with E-state index >= 15 is 0 Å². The molecule has 0 radical (unpaired) electrons. The standard InChI is InChI=1S/C16H21Cl2N3O2S/c1-2-3-4-5-6-7-14(22)19-16(24)21-20-15(23)12-9-8-11(17)10-13(12)18/h8-10H,2-7H2,1H3,(H,20,23)(H2,19,21,22,24). The molecule has 0 saturated heterocycles. The molecule has 0 aromatic heterocycles. The molecule has 8 heteroatoms. The summed E-state index contributed by atoms with van der Waals surface area (Å²) in [6.45, 7) is 2.14. The average molecular weight is 390 g/mol. The number of hydrazine groups is 1. The first-order chi connectivity index (χ1) is 11.4. The minimum Gasteiger partial charge on any atom is -0.302 e. The van der Waals surface area contributed by atoms with Crippen molar-refractivity contribution >= 4 is 52.3 Å². The van der Waals surface area contributed by atoms with Gasteiger partial charge in [-0.1, -0.05) is 55.8 Å². The molecule has 1 aromatic rings. The molecule has 1 aromatic carbocycles. The van der Waals surface area contributed by atoms with Crippen molar-refractivity contribution in [2.24, 2.45) is 0 Å². The molecule has 2 amide bonds. The van der Waals surface area contributed by atoms with Gasteiger partial charge >= 0.3 is 0 Å². The van der Waals surface area contributed by atoms with Crippen LogP contribution < -0.4 is 16.2 Å². The van der Waals surface area contributed by atoms with Crippen LogP contribution in [0.3, 0.4) is 0 Å². The predicted octanol–water partition coefficient (Wildman–Crippen LogP) is 3.99. The molecule has 1 rings (SSSR count). The highest BCUT2D eigenvalue weighted by Gasteiger charge is 2.11. The topological polar surface area (TPSA) is 70.2 Å². The summed E-state index contributed by atoms with van der Waals surface area (Å²) >= 11 is 16.7. The van der Waals surface area contributed by atoms with Gasteiger partial charge in [0.1, 0.15) is 0 Å². The van der Waals surface area contributed by atoms with Gasteiger partial charge in [-0.2, -0.15) is 0 Å². The lowest BCUT2D eigenvalue weighted by Crippen LogP contribution is -2.48. The fourth-order valence-corrected chi connectivity index (χ4v) is 2.62. The molecular formula is C16H21Cl2N3O2S. The largest absolute Gasteiger partial charge is 0.302 e. The Labute approximate surface area is 157 Å². The lowest BCUT2D eigenvalue weighted by Gasteiger charge is -2.11. The number of thiocarbonyl (C=S) groups is 1. The zero-order chi connectivity index (χ0) is 17.9. The fraction of sp³-hybridized carbons (Fsp3) is 0.438. The van der Waals surface area contributed by atoms with Crippen molar-refractivity contribution in [3.8, 4) is 0 Å². The number of halogens is 2. The van der Waals surface area contributed by atoms with Crippen molar-refractivity contribution < 1.29 is 9.59 Å². The molecule has 0 saturated carbocycles. The summed E-state index contributed by atoms with van der Waals surface area (Å²) in [5, 5.41) is 3.21. The molecule has 132 valence electrons. The van der Waals surface area contributed by atoms with E-state index in [1.807, 2.05) is 0 Å². The SMILES string of the molecule is CCCCCCCC(=O)NC(=S)NNC(=O)c1ccc(Cl)cc1Cl. The Morgan fingerprint density at radius 3 is 2.46 bits per heavy atom. The van der Waals surface area contributed by atoms with Gasteiger partial charge in [-0.05, 0) is 36.8 Å². The van der Waals surface area contributed by atoms with E-state index in [2.05, 4.69) is 23.1 Å². The van der Waals surface area contributed by atoms with Crippen LogP contribution in [0.5, 0.6) is 0 Å². The summed E-state index contributed by atoms with van der Waals surface area (Å²) in [6, 6.07) is 4.53. The third-order valence-corrected chi connectivity index (χ3v) is 3.98. The van der Waals surface area contributed by atoms with Crippen molar-refractivity contribution in [1.29, 1.82) is 0 Å². The van der Waals surface area contributed by atoms with Crippen molar-refractivity contribution in [2.75, 3.05) is 0 Å². The quantitative estimate of drug-likeness (QED) is 0.374. The Hall–Kier alpha value is -1.37. The monoisotopic (exact) mass is 389 g/mol. The molecule has 0 aliphatic heterocycles. The van der Waals surface area contributed by atoms with E-state index in [4.69, 9.17) is 35.4 Å². The first-order valence-electron chi connectivity index (χ1n) is 7.79. The molecule has 0 atom stereocenters. The van der Waals surface area contributed by atoms with Gasteiger partial charge in [0.15, 0.2) is 5.11 Å². The zero-order valence-corrected chi connectivity index (χ0v) is 15.8. The maximum Gasteiger partial charge on any atom is 0.271 e. The Kier molecular flexibility index (Phi) is 9.67. The highest BCUT2D eigenvalue weighted by Crippen LogP contribution is 2.20. The van der Waals surface area contributed by atoms with Crippen molar-refractivity contribution in [1.82, 2.24) is 16.2 Å². The van der Waals surface area contributed by atoms with Gasteiger partial charge < -0.3 is 5.32 Å². The Morgan fingerprint density at radius 1 is 1.08 bits per heavy atom.